The van der Waals surface area contributed by atoms with Crippen molar-refractivity contribution in [2.75, 3.05) is 18.0 Å². The summed E-state index contributed by atoms with van der Waals surface area (Å²) in [5.41, 5.74) is 6.88. The van der Waals surface area contributed by atoms with Crippen molar-refractivity contribution in [1.82, 2.24) is 19.7 Å². The highest BCUT2D eigenvalue weighted by molar-refractivity contribution is 5.51. The van der Waals surface area contributed by atoms with Crippen LogP contribution in [-0.4, -0.2) is 38.9 Å². The zero-order valence-electron chi connectivity index (χ0n) is 11.7. The van der Waals surface area contributed by atoms with Crippen LogP contribution in [0.2, 0.25) is 0 Å². The summed E-state index contributed by atoms with van der Waals surface area (Å²) in [6, 6.07) is 4.21. The Hall–Kier alpha value is -1.95. The maximum absolute atomic E-state index is 6.09. The monoisotopic (exact) mass is 272 g/mol. The van der Waals surface area contributed by atoms with Crippen molar-refractivity contribution >= 4 is 5.82 Å². The predicted molar refractivity (Wildman–Crippen MR) is 78.3 cm³/mol. The van der Waals surface area contributed by atoms with Crippen LogP contribution in [0.3, 0.4) is 0 Å². The quantitative estimate of drug-likeness (QED) is 0.889. The standard InChI is InChI=1S/C14H20N6/c1-19-9-7-16-14(19)12-5-6-13(18-17-12)20-8-3-2-4-11(15)10-20/h5-7,9,11H,2-4,8,10,15H2,1H3/t11-/m0/s1. The zero-order valence-corrected chi connectivity index (χ0v) is 11.7. The van der Waals surface area contributed by atoms with Crippen LogP contribution in [0.4, 0.5) is 5.82 Å². The third-order valence-electron chi connectivity index (χ3n) is 3.73. The number of anilines is 1. The van der Waals surface area contributed by atoms with Gasteiger partial charge in [0.25, 0.3) is 0 Å². The number of hydrogen-bond donors (Lipinski definition) is 1. The molecule has 2 aromatic rings. The molecule has 0 bridgehead atoms. The Morgan fingerprint density at radius 2 is 2.15 bits per heavy atom. The van der Waals surface area contributed by atoms with Crippen LogP contribution in [0, 0.1) is 0 Å². The molecule has 1 fully saturated rings. The lowest BCUT2D eigenvalue weighted by atomic mass is 10.2. The van der Waals surface area contributed by atoms with Gasteiger partial charge in [-0.15, -0.1) is 10.2 Å². The number of imidazole rings is 1. The lowest BCUT2D eigenvalue weighted by Crippen LogP contribution is -2.36. The van der Waals surface area contributed by atoms with Crippen molar-refractivity contribution < 1.29 is 0 Å². The minimum Gasteiger partial charge on any atom is -0.354 e. The van der Waals surface area contributed by atoms with Gasteiger partial charge in [0.1, 0.15) is 5.69 Å². The highest BCUT2D eigenvalue weighted by Gasteiger charge is 2.17. The maximum atomic E-state index is 6.09. The topological polar surface area (TPSA) is 72.9 Å². The molecule has 0 aromatic carbocycles. The van der Waals surface area contributed by atoms with Crippen LogP contribution in [-0.2, 0) is 7.05 Å². The Morgan fingerprint density at radius 1 is 1.25 bits per heavy atom. The van der Waals surface area contributed by atoms with E-state index in [9.17, 15) is 0 Å². The van der Waals surface area contributed by atoms with Gasteiger partial charge in [-0.3, -0.25) is 0 Å². The van der Waals surface area contributed by atoms with Crippen molar-refractivity contribution in [3.05, 3.63) is 24.5 Å². The van der Waals surface area contributed by atoms with Crippen LogP contribution in [0.5, 0.6) is 0 Å². The van der Waals surface area contributed by atoms with E-state index in [-0.39, 0.29) is 6.04 Å². The van der Waals surface area contributed by atoms with Crippen LogP contribution in [0.1, 0.15) is 19.3 Å². The zero-order chi connectivity index (χ0) is 13.9. The number of nitrogens with zero attached hydrogens (tertiary/aromatic N) is 5. The van der Waals surface area contributed by atoms with Crippen molar-refractivity contribution in [3.63, 3.8) is 0 Å². The Morgan fingerprint density at radius 3 is 2.85 bits per heavy atom. The normalized spacial score (nSPS) is 19.9. The molecule has 1 aliphatic heterocycles. The smallest absolute Gasteiger partial charge is 0.160 e. The van der Waals surface area contributed by atoms with Gasteiger partial charge < -0.3 is 15.2 Å². The first-order valence-electron chi connectivity index (χ1n) is 7.06. The van der Waals surface area contributed by atoms with Gasteiger partial charge >= 0.3 is 0 Å². The Bertz CT molecular complexity index is 561. The molecule has 6 heteroatoms. The Kier molecular flexibility index (Phi) is 3.64. The van der Waals surface area contributed by atoms with Crippen molar-refractivity contribution in [3.8, 4) is 11.5 Å². The summed E-state index contributed by atoms with van der Waals surface area (Å²) >= 11 is 0. The first-order chi connectivity index (χ1) is 9.74. The van der Waals surface area contributed by atoms with E-state index in [4.69, 9.17) is 5.73 Å². The second-order valence-electron chi connectivity index (χ2n) is 5.34. The summed E-state index contributed by atoms with van der Waals surface area (Å²) in [6.45, 7) is 1.86. The largest absolute Gasteiger partial charge is 0.354 e. The minimum atomic E-state index is 0.230. The summed E-state index contributed by atoms with van der Waals surface area (Å²) in [4.78, 5) is 6.51. The van der Waals surface area contributed by atoms with E-state index >= 15 is 0 Å². The van der Waals surface area contributed by atoms with Crippen molar-refractivity contribution in [2.24, 2.45) is 12.8 Å². The van der Waals surface area contributed by atoms with E-state index < -0.39 is 0 Å². The molecule has 0 unspecified atom stereocenters. The molecular weight excluding hydrogens is 252 g/mol. The molecule has 20 heavy (non-hydrogen) atoms. The molecule has 2 N–H and O–H groups in total. The van der Waals surface area contributed by atoms with Gasteiger partial charge in [-0.2, -0.15) is 0 Å². The van der Waals surface area contributed by atoms with E-state index in [2.05, 4.69) is 20.1 Å². The molecule has 0 aliphatic carbocycles. The van der Waals surface area contributed by atoms with Crippen molar-refractivity contribution in [2.45, 2.75) is 25.3 Å². The molecule has 3 heterocycles. The molecule has 0 spiro atoms. The number of hydrogen-bond acceptors (Lipinski definition) is 5. The number of nitrogens with two attached hydrogens (primary N) is 1. The SMILES string of the molecule is Cn1ccnc1-c1ccc(N2CCCC[C@H](N)C2)nn1. The summed E-state index contributed by atoms with van der Waals surface area (Å²) in [7, 11) is 1.95. The molecule has 106 valence electrons. The first-order valence-corrected chi connectivity index (χ1v) is 7.06. The first kappa shape index (κ1) is 13.1. The Labute approximate surface area is 118 Å². The molecule has 1 saturated heterocycles. The summed E-state index contributed by atoms with van der Waals surface area (Å²) in [5, 5.41) is 8.64. The fraction of sp³-hybridized carbons (Fsp3) is 0.500. The van der Waals surface area contributed by atoms with Gasteiger partial charge in [-0.25, -0.2) is 4.98 Å². The molecular formula is C14H20N6. The number of rotatable bonds is 2. The van der Waals surface area contributed by atoms with Gasteiger partial charge in [0.15, 0.2) is 11.6 Å². The van der Waals surface area contributed by atoms with Crippen LogP contribution in [0.25, 0.3) is 11.5 Å². The minimum absolute atomic E-state index is 0.230. The second kappa shape index (κ2) is 5.58. The van der Waals surface area contributed by atoms with Gasteiger partial charge in [0.2, 0.25) is 0 Å². The summed E-state index contributed by atoms with van der Waals surface area (Å²) < 4.78 is 1.94. The second-order valence-corrected chi connectivity index (χ2v) is 5.34. The summed E-state index contributed by atoms with van der Waals surface area (Å²) in [6.07, 6.45) is 7.11. The number of aryl methyl sites for hydroxylation is 1. The van der Waals surface area contributed by atoms with Crippen LogP contribution >= 0.6 is 0 Å². The fourth-order valence-corrected chi connectivity index (χ4v) is 2.61. The molecule has 1 aliphatic rings. The molecule has 6 nitrogen and oxygen atoms in total. The van der Waals surface area contributed by atoms with Crippen LogP contribution < -0.4 is 10.6 Å². The predicted octanol–water partition coefficient (Wildman–Crippen LogP) is 1.19. The lowest BCUT2D eigenvalue weighted by Gasteiger charge is -2.23. The van der Waals surface area contributed by atoms with Gasteiger partial charge in [0, 0.05) is 38.6 Å². The molecule has 1 atom stereocenters. The highest BCUT2D eigenvalue weighted by atomic mass is 15.3. The fourth-order valence-electron chi connectivity index (χ4n) is 2.61. The van der Waals surface area contributed by atoms with E-state index in [0.717, 1.165) is 43.3 Å². The van der Waals surface area contributed by atoms with E-state index in [1.165, 1.54) is 6.42 Å². The third-order valence-corrected chi connectivity index (χ3v) is 3.73. The van der Waals surface area contributed by atoms with E-state index in [0.29, 0.717) is 0 Å². The molecule has 0 radical (unpaired) electrons. The Balaban J connectivity index is 1.80. The van der Waals surface area contributed by atoms with E-state index in [1.54, 1.807) is 6.20 Å². The van der Waals surface area contributed by atoms with E-state index in [1.807, 2.05) is 29.9 Å². The van der Waals surface area contributed by atoms with Gasteiger partial charge in [-0.05, 0) is 25.0 Å². The molecule has 0 amide bonds. The lowest BCUT2D eigenvalue weighted by molar-refractivity contribution is 0.619. The summed E-state index contributed by atoms with van der Waals surface area (Å²) in [5.74, 6) is 1.73. The molecule has 0 saturated carbocycles. The third kappa shape index (κ3) is 2.65. The average molecular weight is 272 g/mol. The maximum Gasteiger partial charge on any atom is 0.160 e. The average Bonchev–Trinajstić information content (AvgIpc) is 2.76. The van der Waals surface area contributed by atoms with Gasteiger partial charge in [-0.1, -0.05) is 6.42 Å². The number of aromatic nitrogens is 4. The molecule has 3 rings (SSSR count). The van der Waals surface area contributed by atoms with Gasteiger partial charge in [0.05, 0.1) is 0 Å². The van der Waals surface area contributed by atoms with Crippen LogP contribution in [0.15, 0.2) is 24.5 Å². The molecule has 2 aromatic heterocycles. The highest BCUT2D eigenvalue weighted by Crippen LogP contribution is 2.19. The van der Waals surface area contributed by atoms with Crippen molar-refractivity contribution in [1.29, 1.82) is 0 Å².